The third-order valence-corrected chi connectivity index (χ3v) is 3.42. The lowest BCUT2D eigenvalue weighted by Gasteiger charge is -2.09. The van der Waals surface area contributed by atoms with Gasteiger partial charge in [0.25, 0.3) is 6.43 Å². The zero-order valence-corrected chi connectivity index (χ0v) is 14.0. The van der Waals surface area contributed by atoms with Crippen LogP contribution in [0.2, 0.25) is 0 Å². The van der Waals surface area contributed by atoms with Crippen molar-refractivity contribution in [3.05, 3.63) is 51.2 Å². The molecule has 5 nitrogen and oxygen atoms in total. The molecule has 1 heterocycles. The number of hydrogen-bond donors (Lipinski definition) is 1. The van der Waals surface area contributed by atoms with Gasteiger partial charge < -0.3 is 5.11 Å². The quantitative estimate of drug-likeness (QED) is 0.873. The van der Waals surface area contributed by atoms with Gasteiger partial charge in [0, 0.05) is 12.6 Å². The minimum Gasteiger partial charge on any atom is -0.378 e. The molecule has 2 rings (SSSR count). The lowest BCUT2D eigenvalue weighted by atomic mass is 10.0. The van der Waals surface area contributed by atoms with Gasteiger partial charge in [-0.15, -0.1) is 5.10 Å². The fraction of sp³-hybridized carbons (Fsp3) is 0.412. The van der Waals surface area contributed by atoms with Crippen molar-refractivity contribution >= 4 is 0 Å². The van der Waals surface area contributed by atoms with Gasteiger partial charge in [0.2, 0.25) is 5.82 Å². The van der Waals surface area contributed by atoms with E-state index in [0.29, 0.717) is 11.1 Å². The summed E-state index contributed by atoms with van der Waals surface area (Å²) in [4.78, 5) is 12.0. The highest BCUT2D eigenvalue weighted by molar-refractivity contribution is 5.41. The largest absolute Gasteiger partial charge is 0.378 e. The fourth-order valence-corrected chi connectivity index (χ4v) is 2.15. The van der Waals surface area contributed by atoms with Crippen molar-refractivity contribution in [2.45, 2.75) is 39.3 Å². The summed E-state index contributed by atoms with van der Waals surface area (Å²) in [5.74, 6) is 4.97. The van der Waals surface area contributed by atoms with Crippen molar-refractivity contribution in [3.63, 3.8) is 0 Å². The Hall–Kier alpha value is -2.46. The van der Waals surface area contributed by atoms with Crippen LogP contribution in [-0.2, 0) is 13.6 Å². The second-order valence-electron chi connectivity index (χ2n) is 6.10. The van der Waals surface area contributed by atoms with Crippen molar-refractivity contribution in [3.8, 4) is 11.8 Å². The topological polar surface area (TPSA) is 60.0 Å². The highest BCUT2D eigenvalue weighted by atomic mass is 19.3. The van der Waals surface area contributed by atoms with Crippen LogP contribution >= 0.6 is 0 Å². The van der Waals surface area contributed by atoms with Crippen molar-refractivity contribution in [1.29, 1.82) is 0 Å². The van der Waals surface area contributed by atoms with Crippen LogP contribution in [0, 0.1) is 18.8 Å². The Morgan fingerprint density at radius 1 is 1.38 bits per heavy atom. The number of aliphatic hydroxyl groups is 1. The molecule has 1 aromatic heterocycles. The SMILES string of the molecule is Cc1ccc(C#CC(C)(C)O)cc1Cn1c(C(F)F)nn(C)c1=O. The van der Waals surface area contributed by atoms with E-state index in [-0.39, 0.29) is 6.54 Å². The molecular formula is C17H19F2N3O2. The summed E-state index contributed by atoms with van der Waals surface area (Å²) >= 11 is 0. The average molecular weight is 335 g/mol. The molecule has 2 aromatic rings. The van der Waals surface area contributed by atoms with E-state index in [0.717, 1.165) is 14.8 Å². The van der Waals surface area contributed by atoms with Crippen molar-refractivity contribution in [2.75, 3.05) is 0 Å². The van der Waals surface area contributed by atoms with Gasteiger partial charge in [-0.2, -0.15) is 0 Å². The zero-order chi connectivity index (χ0) is 18.1. The molecule has 0 bridgehead atoms. The molecule has 0 aliphatic heterocycles. The monoisotopic (exact) mass is 335 g/mol. The molecule has 0 fully saturated rings. The Morgan fingerprint density at radius 3 is 2.62 bits per heavy atom. The van der Waals surface area contributed by atoms with Gasteiger partial charge in [0.15, 0.2) is 0 Å². The summed E-state index contributed by atoms with van der Waals surface area (Å²) in [6.45, 7) is 4.95. The summed E-state index contributed by atoms with van der Waals surface area (Å²) in [7, 11) is 1.34. The van der Waals surface area contributed by atoms with Crippen LogP contribution in [-0.4, -0.2) is 25.1 Å². The van der Waals surface area contributed by atoms with Gasteiger partial charge in [0.05, 0.1) is 6.54 Å². The van der Waals surface area contributed by atoms with Crippen LogP contribution in [0.4, 0.5) is 8.78 Å². The number of benzene rings is 1. The molecule has 24 heavy (non-hydrogen) atoms. The normalized spacial score (nSPS) is 11.5. The second kappa shape index (κ2) is 6.57. The molecule has 0 unspecified atom stereocenters. The zero-order valence-electron chi connectivity index (χ0n) is 14.0. The number of alkyl halides is 2. The first-order chi connectivity index (χ1) is 11.1. The van der Waals surface area contributed by atoms with Crippen LogP contribution in [0.15, 0.2) is 23.0 Å². The van der Waals surface area contributed by atoms with Crippen molar-refractivity contribution in [1.82, 2.24) is 14.3 Å². The van der Waals surface area contributed by atoms with Crippen LogP contribution in [0.5, 0.6) is 0 Å². The molecule has 0 spiro atoms. The predicted octanol–water partition coefficient (Wildman–Crippen LogP) is 2.00. The Bertz CT molecular complexity index is 865. The summed E-state index contributed by atoms with van der Waals surface area (Å²) in [5.41, 5.74) is 0.439. The summed E-state index contributed by atoms with van der Waals surface area (Å²) < 4.78 is 28.0. The molecule has 0 aliphatic carbocycles. The number of halogens is 2. The third kappa shape index (κ3) is 4.09. The van der Waals surface area contributed by atoms with E-state index in [9.17, 15) is 18.7 Å². The molecule has 0 atom stereocenters. The standard InChI is InChI=1S/C17H19F2N3O2/c1-11-5-6-12(7-8-17(2,3)24)9-13(11)10-22-15(14(18)19)20-21(4)16(22)23/h5-6,9,14,24H,10H2,1-4H3. The number of hydrogen-bond acceptors (Lipinski definition) is 3. The van der Waals surface area contributed by atoms with E-state index in [1.54, 1.807) is 32.0 Å². The number of rotatable bonds is 3. The maximum atomic E-state index is 13.1. The first-order valence-corrected chi connectivity index (χ1v) is 7.35. The molecule has 0 radical (unpaired) electrons. The summed E-state index contributed by atoms with van der Waals surface area (Å²) in [5, 5.41) is 13.2. The highest BCUT2D eigenvalue weighted by Crippen LogP contribution is 2.18. The van der Waals surface area contributed by atoms with E-state index >= 15 is 0 Å². The molecule has 1 N–H and O–H groups in total. The van der Waals surface area contributed by atoms with Crippen LogP contribution in [0.3, 0.4) is 0 Å². The molecule has 0 aliphatic rings. The first-order valence-electron chi connectivity index (χ1n) is 7.35. The van der Waals surface area contributed by atoms with Gasteiger partial charge in [0.1, 0.15) is 5.60 Å². The number of nitrogens with zero attached hydrogens (tertiary/aromatic N) is 3. The average Bonchev–Trinajstić information content (AvgIpc) is 2.75. The Balaban J connectivity index is 2.44. The molecule has 1 aromatic carbocycles. The summed E-state index contributed by atoms with van der Waals surface area (Å²) in [6.07, 6.45) is -2.84. The molecule has 0 saturated carbocycles. The fourth-order valence-electron chi connectivity index (χ4n) is 2.15. The van der Waals surface area contributed by atoms with Gasteiger partial charge in [-0.3, -0.25) is 4.57 Å². The van der Waals surface area contributed by atoms with Crippen molar-refractivity contribution in [2.24, 2.45) is 7.05 Å². The van der Waals surface area contributed by atoms with Gasteiger partial charge in [-0.05, 0) is 44.0 Å². The minimum atomic E-state index is -2.84. The summed E-state index contributed by atoms with van der Waals surface area (Å²) in [6, 6.07) is 5.30. The van der Waals surface area contributed by atoms with Gasteiger partial charge in [-0.1, -0.05) is 17.9 Å². The van der Waals surface area contributed by atoms with E-state index < -0.39 is 23.5 Å². The highest BCUT2D eigenvalue weighted by Gasteiger charge is 2.20. The van der Waals surface area contributed by atoms with E-state index in [2.05, 4.69) is 16.9 Å². The maximum absolute atomic E-state index is 13.1. The smallest absolute Gasteiger partial charge is 0.346 e. The number of aromatic nitrogens is 3. The lowest BCUT2D eigenvalue weighted by molar-refractivity contribution is 0.134. The second-order valence-corrected chi connectivity index (χ2v) is 6.10. The van der Waals surface area contributed by atoms with Crippen LogP contribution in [0.25, 0.3) is 0 Å². The first kappa shape index (κ1) is 17.9. The van der Waals surface area contributed by atoms with Crippen LogP contribution in [0.1, 0.15) is 42.8 Å². The Morgan fingerprint density at radius 2 is 2.04 bits per heavy atom. The molecular weight excluding hydrogens is 316 g/mol. The molecule has 128 valence electrons. The Kier molecular flexibility index (Phi) is 4.90. The lowest BCUT2D eigenvalue weighted by Crippen LogP contribution is -2.24. The Labute approximate surface area is 138 Å². The van der Waals surface area contributed by atoms with Crippen LogP contribution < -0.4 is 5.69 Å². The van der Waals surface area contributed by atoms with E-state index in [1.165, 1.54) is 7.05 Å². The van der Waals surface area contributed by atoms with E-state index in [4.69, 9.17) is 0 Å². The molecule has 7 heteroatoms. The van der Waals surface area contributed by atoms with E-state index in [1.807, 2.05) is 6.92 Å². The molecule has 0 saturated heterocycles. The third-order valence-electron chi connectivity index (χ3n) is 3.42. The maximum Gasteiger partial charge on any atom is 0.346 e. The van der Waals surface area contributed by atoms with Gasteiger partial charge >= 0.3 is 5.69 Å². The minimum absolute atomic E-state index is 0.0176. The van der Waals surface area contributed by atoms with Gasteiger partial charge in [-0.25, -0.2) is 18.3 Å². The predicted molar refractivity (Wildman–Crippen MR) is 85.9 cm³/mol. The van der Waals surface area contributed by atoms with Crippen molar-refractivity contribution < 1.29 is 13.9 Å². The molecule has 0 amide bonds. The number of aryl methyl sites for hydroxylation is 2.